The van der Waals surface area contributed by atoms with Crippen molar-refractivity contribution in [2.75, 3.05) is 60.0 Å². The van der Waals surface area contributed by atoms with Gasteiger partial charge >= 0.3 is 12.2 Å². The standard InChI is InChI=1S/2C20H22N2O2/c2*1-24-20(23)22-14-15-8-3-4-9-16(15)19-17(10-7-11-18(19)22)21-12-5-2-6-13-21/h2*3-4,7-11H,2,5-6,12-14H2,1H3. The van der Waals surface area contributed by atoms with Gasteiger partial charge in [-0.3, -0.25) is 9.80 Å². The minimum absolute atomic E-state index is 0.304. The van der Waals surface area contributed by atoms with Crippen molar-refractivity contribution in [1.29, 1.82) is 0 Å². The third-order valence-electron chi connectivity index (χ3n) is 10.0. The molecule has 0 aliphatic carbocycles. The fourth-order valence-electron chi connectivity index (χ4n) is 7.72. The lowest BCUT2D eigenvalue weighted by Crippen LogP contribution is -2.35. The van der Waals surface area contributed by atoms with Crippen molar-refractivity contribution in [1.82, 2.24) is 0 Å². The second-order valence-electron chi connectivity index (χ2n) is 12.9. The SMILES string of the molecule is COC(=O)N1Cc2ccccc2-c2c(N3CCCCC3)cccc21.COC(=O)N1Cc2ccccc2-c2c(N3CCCCC3)cccc21. The maximum Gasteiger partial charge on any atom is 0.414 e. The van der Waals surface area contributed by atoms with Crippen LogP contribution in [0, 0.1) is 0 Å². The van der Waals surface area contributed by atoms with Gasteiger partial charge in [-0.1, -0.05) is 60.7 Å². The molecule has 4 aliphatic heterocycles. The van der Waals surface area contributed by atoms with Crippen molar-refractivity contribution in [3.05, 3.63) is 96.1 Å². The van der Waals surface area contributed by atoms with E-state index < -0.39 is 0 Å². The maximum atomic E-state index is 12.3. The van der Waals surface area contributed by atoms with Crippen LogP contribution in [-0.4, -0.2) is 52.6 Å². The van der Waals surface area contributed by atoms with Gasteiger partial charge in [0.2, 0.25) is 0 Å². The zero-order valence-corrected chi connectivity index (χ0v) is 28.0. The summed E-state index contributed by atoms with van der Waals surface area (Å²) in [6, 6.07) is 29.2. The number of anilines is 4. The smallest absolute Gasteiger partial charge is 0.414 e. The predicted molar refractivity (Wildman–Crippen MR) is 193 cm³/mol. The van der Waals surface area contributed by atoms with Gasteiger partial charge in [-0.05, 0) is 85.0 Å². The molecule has 4 aliphatic rings. The van der Waals surface area contributed by atoms with Gasteiger partial charge in [-0.2, -0.15) is 0 Å². The zero-order chi connectivity index (χ0) is 33.0. The summed E-state index contributed by atoms with van der Waals surface area (Å²) in [6.07, 6.45) is 6.91. The van der Waals surface area contributed by atoms with Crippen molar-refractivity contribution >= 4 is 34.9 Å². The average Bonchev–Trinajstić information content (AvgIpc) is 3.17. The summed E-state index contributed by atoms with van der Waals surface area (Å²) in [5.41, 5.74) is 11.5. The number of ether oxygens (including phenoxy) is 2. The van der Waals surface area contributed by atoms with Gasteiger partial charge in [0.05, 0.1) is 38.7 Å². The lowest BCUT2D eigenvalue weighted by atomic mass is 9.91. The predicted octanol–water partition coefficient (Wildman–Crippen LogP) is 8.86. The normalized spacial score (nSPS) is 16.4. The third kappa shape index (κ3) is 5.96. The Morgan fingerprint density at radius 2 is 0.854 bits per heavy atom. The first kappa shape index (κ1) is 31.6. The number of hydrogen-bond donors (Lipinski definition) is 0. The van der Waals surface area contributed by atoms with Crippen LogP contribution < -0.4 is 19.6 Å². The third-order valence-corrected chi connectivity index (χ3v) is 10.0. The summed E-state index contributed by atoms with van der Waals surface area (Å²) in [6.45, 7) is 5.43. The molecule has 2 saturated heterocycles. The van der Waals surface area contributed by atoms with Crippen LogP contribution >= 0.6 is 0 Å². The van der Waals surface area contributed by atoms with Gasteiger partial charge in [0.25, 0.3) is 0 Å². The molecular weight excluding hydrogens is 600 g/mol. The zero-order valence-electron chi connectivity index (χ0n) is 28.0. The van der Waals surface area contributed by atoms with E-state index in [2.05, 4.69) is 58.3 Å². The lowest BCUT2D eigenvalue weighted by Gasteiger charge is -2.36. The number of methoxy groups -OCH3 is 2. The van der Waals surface area contributed by atoms with E-state index in [1.165, 1.54) is 86.4 Å². The van der Waals surface area contributed by atoms with E-state index in [1.807, 2.05) is 36.4 Å². The number of hydrogen-bond acceptors (Lipinski definition) is 6. The van der Waals surface area contributed by atoms with Crippen LogP contribution in [0.1, 0.15) is 49.7 Å². The van der Waals surface area contributed by atoms with Gasteiger partial charge in [-0.15, -0.1) is 0 Å². The molecule has 0 radical (unpaired) electrons. The molecule has 2 fully saturated rings. The topological polar surface area (TPSA) is 65.6 Å². The Hall–Kier alpha value is -4.98. The maximum absolute atomic E-state index is 12.3. The van der Waals surface area contributed by atoms with Gasteiger partial charge in [0, 0.05) is 48.7 Å². The monoisotopic (exact) mass is 644 g/mol. The molecule has 4 heterocycles. The number of amides is 2. The van der Waals surface area contributed by atoms with Crippen LogP contribution in [0.5, 0.6) is 0 Å². The van der Waals surface area contributed by atoms with E-state index in [4.69, 9.17) is 9.47 Å². The average molecular weight is 645 g/mol. The van der Waals surface area contributed by atoms with Crippen LogP contribution in [0.4, 0.5) is 32.3 Å². The van der Waals surface area contributed by atoms with E-state index in [0.29, 0.717) is 13.1 Å². The molecule has 248 valence electrons. The van der Waals surface area contributed by atoms with Crippen molar-refractivity contribution in [2.24, 2.45) is 0 Å². The molecule has 4 aromatic rings. The molecule has 8 nitrogen and oxygen atoms in total. The summed E-state index contributed by atoms with van der Waals surface area (Å²) in [7, 11) is 2.88. The number of carbonyl (C=O) groups excluding carboxylic acids is 2. The molecular formula is C40H44N4O4. The van der Waals surface area contributed by atoms with E-state index >= 15 is 0 Å². The van der Waals surface area contributed by atoms with E-state index in [9.17, 15) is 9.59 Å². The van der Waals surface area contributed by atoms with Crippen molar-refractivity contribution < 1.29 is 19.1 Å². The molecule has 0 saturated carbocycles. The Kier molecular flexibility index (Phi) is 9.23. The second-order valence-corrected chi connectivity index (χ2v) is 12.9. The van der Waals surface area contributed by atoms with Crippen LogP contribution in [0.15, 0.2) is 84.9 Å². The first-order valence-corrected chi connectivity index (χ1v) is 17.2. The highest BCUT2D eigenvalue weighted by Gasteiger charge is 2.31. The van der Waals surface area contributed by atoms with Crippen molar-refractivity contribution in [2.45, 2.75) is 51.6 Å². The molecule has 0 atom stereocenters. The van der Waals surface area contributed by atoms with Crippen molar-refractivity contribution in [3.63, 3.8) is 0 Å². The molecule has 0 N–H and O–H groups in total. The number of carbonyl (C=O) groups is 2. The molecule has 4 aromatic carbocycles. The van der Waals surface area contributed by atoms with Gasteiger partial charge in [0.1, 0.15) is 0 Å². The summed E-state index contributed by atoms with van der Waals surface area (Å²) in [5, 5.41) is 0. The summed E-state index contributed by atoms with van der Waals surface area (Å²) in [5.74, 6) is 0. The Labute approximate surface area is 283 Å². The molecule has 0 spiro atoms. The van der Waals surface area contributed by atoms with Crippen LogP contribution in [0.25, 0.3) is 22.3 Å². The first-order valence-electron chi connectivity index (χ1n) is 17.2. The number of nitrogens with zero attached hydrogens (tertiary/aromatic N) is 4. The number of piperidine rings is 2. The second kappa shape index (κ2) is 14.0. The number of rotatable bonds is 2. The fraction of sp³-hybridized carbons (Fsp3) is 0.350. The molecule has 0 bridgehead atoms. The number of fused-ring (bicyclic) bond motifs is 6. The van der Waals surface area contributed by atoms with Gasteiger partial charge in [-0.25, -0.2) is 9.59 Å². The highest BCUT2D eigenvalue weighted by atomic mass is 16.5. The van der Waals surface area contributed by atoms with E-state index in [-0.39, 0.29) is 12.2 Å². The van der Waals surface area contributed by atoms with E-state index in [0.717, 1.165) is 48.7 Å². The minimum atomic E-state index is -0.304. The Balaban J connectivity index is 0.000000152. The Morgan fingerprint density at radius 3 is 1.25 bits per heavy atom. The molecule has 0 aromatic heterocycles. The molecule has 0 unspecified atom stereocenters. The Morgan fingerprint density at radius 1 is 0.479 bits per heavy atom. The highest BCUT2D eigenvalue weighted by Crippen LogP contribution is 2.47. The van der Waals surface area contributed by atoms with Crippen LogP contribution in [0.2, 0.25) is 0 Å². The Bertz CT molecular complexity index is 1660. The lowest BCUT2D eigenvalue weighted by molar-refractivity contribution is 0.177. The van der Waals surface area contributed by atoms with Crippen LogP contribution in [-0.2, 0) is 22.6 Å². The fourth-order valence-corrected chi connectivity index (χ4v) is 7.72. The molecule has 48 heavy (non-hydrogen) atoms. The first-order chi connectivity index (χ1) is 23.6. The molecule has 2 amide bonds. The van der Waals surface area contributed by atoms with Gasteiger partial charge < -0.3 is 19.3 Å². The molecule has 8 rings (SSSR count). The van der Waals surface area contributed by atoms with E-state index in [1.54, 1.807) is 9.80 Å². The number of benzene rings is 4. The quantitative estimate of drug-likeness (QED) is 0.217. The minimum Gasteiger partial charge on any atom is -0.452 e. The van der Waals surface area contributed by atoms with Crippen LogP contribution in [0.3, 0.4) is 0 Å². The largest absolute Gasteiger partial charge is 0.452 e. The van der Waals surface area contributed by atoms with Crippen molar-refractivity contribution in [3.8, 4) is 22.3 Å². The summed E-state index contributed by atoms with van der Waals surface area (Å²) >= 11 is 0. The van der Waals surface area contributed by atoms with Gasteiger partial charge in [0.15, 0.2) is 0 Å². The summed E-state index contributed by atoms with van der Waals surface area (Å²) < 4.78 is 10.0. The molecule has 8 heteroatoms. The summed E-state index contributed by atoms with van der Waals surface area (Å²) in [4.78, 5) is 33.0. The highest BCUT2D eigenvalue weighted by molar-refractivity contribution is 6.02.